The molecule has 0 bridgehead atoms. The second kappa shape index (κ2) is 5.67. The fourth-order valence-electron chi connectivity index (χ4n) is 2.90. The summed E-state index contributed by atoms with van der Waals surface area (Å²) in [5.41, 5.74) is 2.04. The minimum Gasteiger partial charge on any atom is -0.481 e. The summed E-state index contributed by atoms with van der Waals surface area (Å²) in [5, 5.41) is 9.96. The fourth-order valence-corrected chi connectivity index (χ4v) is 2.90. The summed E-state index contributed by atoms with van der Waals surface area (Å²) in [6.45, 7) is 2.75. The number of rotatable bonds is 4. The zero-order valence-corrected chi connectivity index (χ0v) is 11.4. The molecule has 0 amide bonds. The van der Waals surface area contributed by atoms with Crippen LogP contribution in [0.3, 0.4) is 0 Å². The fraction of sp³-hybridized carbons (Fsp3) is 0.438. The quantitative estimate of drug-likeness (QED) is 0.931. The van der Waals surface area contributed by atoms with Crippen molar-refractivity contribution in [2.45, 2.75) is 25.8 Å². The molecule has 1 aliphatic heterocycles. The predicted octanol–water partition coefficient (Wildman–Crippen LogP) is 2.70. The van der Waals surface area contributed by atoms with Crippen molar-refractivity contribution in [1.82, 2.24) is 4.57 Å². The van der Waals surface area contributed by atoms with E-state index in [-0.39, 0.29) is 6.42 Å². The van der Waals surface area contributed by atoms with Crippen LogP contribution in [0.15, 0.2) is 30.5 Å². The largest absolute Gasteiger partial charge is 0.481 e. The van der Waals surface area contributed by atoms with Gasteiger partial charge in [-0.25, -0.2) is 0 Å². The molecule has 0 atom stereocenters. The van der Waals surface area contributed by atoms with E-state index in [9.17, 15) is 4.79 Å². The number of ether oxygens (including phenoxy) is 1. The SMILES string of the molecule is O=C(O)Cc1ccc2c(ccn2CC2CCOCC2)c1. The van der Waals surface area contributed by atoms with E-state index in [0.29, 0.717) is 5.92 Å². The van der Waals surface area contributed by atoms with Gasteiger partial charge in [0.15, 0.2) is 0 Å². The average molecular weight is 273 g/mol. The second-order valence-corrected chi connectivity index (χ2v) is 5.49. The normalized spacial score (nSPS) is 16.6. The standard InChI is InChI=1S/C16H19NO3/c18-16(19)10-13-1-2-15-14(9-13)3-6-17(15)11-12-4-7-20-8-5-12/h1-3,6,9,12H,4-5,7-8,10-11H2,(H,18,19). The Morgan fingerprint density at radius 2 is 2.10 bits per heavy atom. The number of carboxylic acids is 1. The number of carboxylic acid groups (broad SMARTS) is 1. The summed E-state index contributed by atoms with van der Waals surface area (Å²) in [5.74, 6) is -0.107. The molecular formula is C16H19NO3. The van der Waals surface area contributed by atoms with Crippen LogP contribution < -0.4 is 0 Å². The number of nitrogens with zero attached hydrogens (tertiary/aromatic N) is 1. The van der Waals surface area contributed by atoms with Crippen LogP contribution >= 0.6 is 0 Å². The summed E-state index contributed by atoms with van der Waals surface area (Å²) in [6, 6.07) is 7.99. The highest BCUT2D eigenvalue weighted by atomic mass is 16.5. The van der Waals surface area contributed by atoms with Crippen LogP contribution in [0.25, 0.3) is 10.9 Å². The van der Waals surface area contributed by atoms with Gasteiger partial charge in [-0.2, -0.15) is 0 Å². The Morgan fingerprint density at radius 3 is 2.85 bits per heavy atom. The molecule has 106 valence electrons. The molecule has 0 radical (unpaired) electrons. The zero-order chi connectivity index (χ0) is 13.9. The predicted molar refractivity (Wildman–Crippen MR) is 76.8 cm³/mol. The zero-order valence-electron chi connectivity index (χ0n) is 11.4. The first-order valence-corrected chi connectivity index (χ1v) is 7.10. The molecule has 0 aliphatic carbocycles. The molecule has 2 aromatic rings. The van der Waals surface area contributed by atoms with Gasteiger partial charge in [0, 0.05) is 31.5 Å². The van der Waals surface area contributed by atoms with Crippen LogP contribution in [0.1, 0.15) is 18.4 Å². The van der Waals surface area contributed by atoms with Gasteiger partial charge in [0.05, 0.1) is 6.42 Å². The van der Waals surface area contributed by atoms with Gasteiger partial charge in [0.2, 0.25) is 0 Å². The molecular weight excluding hydrogens is 254 g/mol. The monoisotopic (exact) mass is 273 g/mol. The van der Waals surface area contributed by atoms with Crippen LogP contribution in [0.4, 0.5) is 0 Å². The topological polar surface area (TPSA) is 51.5 Å². The summed E-state index contributed by atoms with van der Waals surface area (Å²) in [7, 11) is 0. The average Bonchev–Trinajstić information content (AvgIpc) is 2.82. The van der Waals surface area contributed by atoms with E-state index in [1.807, 2.05) is 18.2 Å². The van der Waals surface area contributed by atoms with E-state index in [2.05, 4.69) is 16.8 Å². The van der Waals surface area contributed by atoms with Crippen molar-refractivity contribution in [3.8, 4) is 0 Å². The molecule has 4 heteroatoms. The molecule has 1 fully saturated rings. The van der Waals surface area contributed by atoms with Crippen LogP contribution in [0.5, 0.6) is 0 Å². The van der Waals surface area contributed by atoms with E-state index in [4.69, 9.17) is 9.84 Å². The molecule has 1 aromatic carbocycles. The smallest absolute Gasteiger partial charge is 0.307 e. The van der Waals surface area contributed by atoms with Crippen molar-refractivity contribution in [2.75, 3.05) is 13.2 Å². The lowest BCUT2D eigenvalue weighted by Gasteiger charge is -2.22. The lowest BCUT2D eigenvalue weighted by Crippen LogP contribution is -2.20. The number of aromatic nitrogens is 1. The van der Waals surface area contributed by atoms with E-state index >= 15 is 0 Å². The Kier molecular flexibility index (Phi) is 3.74. The molecule has 1 aromatic heterocycles. The number of carbonyl (C=O) groups is 1. The highest BCUT2D eigenvalue weighted by Gasteiger charge is 2.15. The first-order valence-electron chi connectivity index (χ1n) is 7.10. The molecule has 0 unspecified atom stereocenters. The minimum absolute atomic E-state index is 0.0844. The van der Waals surface area contributed by atoms with Gasteiger partial charge >= 0.3 is 5.97 Å². The molecule has 4 nitrogen and oxygen atoms in total. The number of hydrogen-bond acceptors (Lipinski definition) is 2. The molecule has 1 N–H and O–H groups in total. The number of hydrogen-bond donors (Lipinski definition) is 1. The third-order valence-electron chi connectivity index (χ3n) is 3.99. The summed E-state index contributed by atoms with van der Waals surface area (Å²) < 4.78 is 7.67. The molecule has 2 heterocycles. The molecule has 20 heavy (non-hydrogen) atoms. The van der Waals surface area contributed by atoms with Crippen molar-refractivity contribution in [3.63, 3.8) is 0 Å². The van der Waals surface area contributed by atoms with E-state index in [1.54, 1.807) is 0 Å². The van der Waals surface area contributed by atoms with Gasteiger partial charge in [-0.05, 0) is 47.9 Å². The molecule has 1 saturated heterocycles. The molecule has 1 aliphatic rings. The van der Waals surface area contributed by atoms with Crippen molar-refractivity contribution >= 4 is 16.9 Å². The second-order valence-electron chi connectivity index (χ2n) is 5.49. The summed E-state index contributed by atoms with van der Waals surface area (Å²) in [6.07, 6.45) is 4.43. The van der Waals surface area contributed by atoms with Crippen LogP contribution in [0.2, 0.25) is 0 Å². The third kappa shape index (κ3) is 2.85. The first-order chi connectivity index (χ1) is 9.72. The Balaban J connectivity index is 1.80. The Hall–Kier alpha value is -1.81. The molecule has 3 rings (SSSR count). The third-order valence-corrected chi connectivity index (χ3v) is 3.99. The lowest BCUT2D eigenvalue weighted by molar-refractivity contribution is -0.136. The van der Waals surface area contributed by atoms with E-state index < -0.39 is 5.97 Å². The highest BCUT2D eigenvalue weighted by molar-refractivity contribution is 5.82. The summed E-state index contributed by atoms with van der Waals surface area (Å²) >= 11 is 0. The van der Waals surface area contributed by atoms with E-state index in [0.717, 1.165) is 43.5 Å². The molecule has 0 saturated carbocycles. The van der Waals surface area contributed by atoms with Crippen LogP contribution in [-0.4, -0.2) is 28.9 Å². The van der Waals surface area contributed by atoms with Crippen molar-refractivity contribution in [1.29, 1.82) is 0 Å². The van der Waals surface area contributed by atoms with Gasteiger partial charge in [0.1, 0.15) is 0 Å². The number of aliphatic carboxylic acids is 1. The van der Waals surface area contributed by atoms with Gasteiger partial charge in [-0.3, -0.25) is 4.79 Å². The minimum atomic E-state index is -0.786. The maximum atomic E-state index is 10.8. The maximum Gasteiger partial charge on any atom is 0.307 e. The maximum absolute atomic E-state index is 10.8. The number of fused-ring (bicyclic) bond motifs is 1. The van der Waals surface area contributed by atoms with E-state index in [1.165, 1.54) is 5.52 Å². The van der Waals surface area contributed by atoms with Crippen molar-refractivity contribution in [3.05, 3.63) is 36.0 Å². The van der Waals surface area contributed by atoms with Gasteiger partial charge in [-0.15, -0.1) is 0 Å². The Bertz CT molecular complexity index is 611. The number of benzene rings is 1. The van der Waals surface area contributed by atoms with Crippen LogP contribution in [0, 0.1) is 5.92 Å². The van der Waals surface area contributed by atoms with Crippen molar-refractivity contribution in [2.24, 2.45) is 5.92 Å². The van der Waals surface area contributed by atoms with Crippen molar-refractivity contribution < 1.29 is 14.6 Å². The molecule has 0 spiro atoms. The Labute approximate surface area is 118 Å². The summed E-state index contributed by atoms with van der Waals surface area (Å²) in [4.78, 5) is 10.8. The lowest BCUT2D eigenvalue weighted by atomic mass is 10.0. The first kappa shape index (κ1) is 13.2. The Morgan fingerprint density at radius 1 is 1.30 bits per heavy atom. The van der Waals surface area contributed by atoms with Gasteiger partial charge in [-0.1, -0.05) is 6.07 Å². The van der Waals surface area contributed by atoms with Crippen LogP contribution in [-0.2, 0) is 22.5 Å². The van der Waals surface area contributed by atoms with Gasteiger partial charge < -0.3 is 14.4 Å². The van der Waals surface area contributed by atoms with Gasteiger partial charge in [0.25, 0.3) is 0 Å². The highest BCUT2D eigenvalue weighted by Crippen LogP contribution is 2.22.